The number of nitro groups is 1. The molecule has 0 fully saturated rings. The Labute approximate surface area is 133 Å². The second kappa shape index (κ2) is 7.60. The monoisotopic (exact) mass is 326 g/mol. The van der Waals surface area contributed by atoms with E-state index >= 15 is 0 Å². The Morgan fingerprint density at radius 3 is 2.32 bits per heavy atom. The highest BCUT2D eigenvalue weighted by Gasteiger charge is 2.26. The highest BCUT2D eigenvalue weighted by Crippen LogP contribution is 2.41. The molecule has 1 radical (unpaired) electrons. The first kappa shape index (κ1) is 18.4. The Morgan fingerprint density at radius 2 is 1.86 bits per heavy atom. The Kier molecular flexibility index (Phi) is 6.37. The van der Waals surface area contributed by atoms with Crippen LogP contribution in [0.2, 0.25) is 13.1 Å². The van der Waals surface area contributed by atoms with Crippen LogP contribution in [-0.4, -0.2) is 34.3 Å². The molecule has 0 heterocycles. The lowest BCUT2D eigenvalue weighted by Gasteiger charge is -2.21. The summed E-state index contributed by atoms with van der Waals surface area (Å²) in [5.74, 6) is 0.530. The van der Waals surface area contributed by atoms with Crippen molar-refractivity contribution in [2.24, 2.45) is 0 Å². The summed E-state index contributed by atoms with van der Waals surface area (Å²) < 4.78 is 16.4. The third kappa shape index (κ3) is 4.99. The van der Waals surface area contributed by atoms with E-state index in [0.29, 0.717) is 19.0 Å². The fraction of sp³-hybridized carbons (Fsp3) is 0.600. The van der Waals surface area contributed by atoms with Crippen LogP contribution in [0.25, 0.3) is 0 Å². The van der Waals surface area contributed by atoms with Gasteiger partial charge in [-0.15, -0.1) is 0 Å². The number of ether oxygens (including phenoxy) is 2. The summed E-state index contributed by atoms with van der Waals surface area (Å²) in [5, 5.41) is 11.3. The van der Waals surface area contributed by atoms with Crippen molar-refractivity contribution in [1.29, 1.82) is 0 Å². The van der Waals surface area contributed by atoms with E-state index in [1.54, 1.807) is 12.1 Å². The number of nitro benzene ring substituents is 1. The Morgan fingerprint density at radius 1 is 1.23 bits per heavy atom. The van der Waals surface area contributed by atoms with E-state index in [1.807, 2.05) is 33.9 Å². The van der Waals surface area contributed by atoms with E-state index in [2.05, 4.69) is 0 Å². The first-order valence-corrected chi connectivity index (χ1v) is 9.50. The van der Waals surface area contributed by atoms with Crippen LogP contribution in [0.15, 0.2) is 12.1 Å². The van der Waals surface area contributed by atoms with Gasteiger partial charge in [-0.05, 0) is 30.1 Å². The summed E-state index contributed by atoms with van der Waals surface area (Å²) in [6.45, 7) is 10.8. The standard InChI is InChI=1S/C15H24NO5Si/c1-15(2,3)11-9-12(16(17)18)14(19-4)13(10-11)20-7-8-21-22(5)6/h9-10H,7-8H2,1-6H3. The van der Waals surface area contributed by atoms with Crippen LogP contribution in [-0.2, 0) is 9.84 Å². The van der Waals surface area contributed by atoms with Crippen molar-refractivity contribution in [3.63, 3.8) is 0 Å². The largest absolute Gasteiger partial charge is 0.488 e. The van der Waals surface area contributed by atoms with E-state index in [-0.39, 0.29) is 16.9 Å². The summed E-state index contributed by atoms with van der Waals surface area (Å²) in [5.41, 5.74) is 0.516. The van der Waals surface area contributed by atoms with E-state index in [0.717, 1.165) is 5.56 Å². The molecule has 0 aliphatic rings. The van der Waals surface area contributed by atoms with Crippen molar-refractivity contribution in [1.82, 2.24) is 0 Å². The van der Waals surface area contributed by atoms with Gasteiger partial charge in [-0.25, -0.2) is 0 Å². The molecule has 0 aliphatic heterocycles. The Bertz CT molecular complexity index is 525. The van der Waals surface area contributed by atoms with Crippen molar-refractivity contribution in [2.45, 2.75) is 39.3 Å². The molecule has 1 aromatic carbocycles. The van der Waals surface area contributed by atoms with Gasteiger partial charge >= 0.3 is 5.69 Å². The molecule has 0 spiro atoms. The normalized spacial score (nSPS) is 11.6. The maximum atomic E-state index is 11.3. The first-order chi connectivity index (χ1) is 10.2. The van der Waals surface area contributed by atoms with E-state index in [9.17, 15) is 10.1 Å². The molecule has 1 rings (SSSR count). The number of rotatable bonds is 7. The van der Waals surface area contributed by atoms with Crippen molar-refractivity contribution in [2.75, 3.05) is 20.3 Å². The molecular formula is C15H24NO5Si. The molecule has 0 saturated heterocycles. The highest BCUT2D eigenvalue weighted by molar-refractivity contribution is 6.48. The predicted octanol–water partition coefficient (Wildman–Crippen LogP) is 3.55. The SMILES string of the molecule is COc1c(OCCO[Si](C)C)cc(C(C)(C)C)cc1[N+](=O)[O-]. The van der Waals surface area contributed by atoms with E-state index in [4.69, 9.17) is 13.9 Å². The van der Waals surface area contributed by atoms with Crippen LogP contribution in [0.3, 0.4) is 0 Å². The number of benzene rings is 1. The van der Waals surface area contributed by atoms with Crippen molar-refractivity contribution in [3.8, 4) is 11.5 Å². The quantitative estimate of drug-likeness (QED) is 0.332. The molecule has 0 atom stereocenters. The topological polar surface area (TPSA) is 70.8 Å². The zero-order valence-corrected chi connectivity index (χ0v) is 15.1. The zero-order valence-electron chi connectivity index (χ0n) is 14.1. The Balaban J connectivity index is 3.11. The van der Waals surface area contributed by atoms with Crippen LogP contribution in [0.4, 0.5) is 5.69 Å². The number of hydrogen-bond donors (Lipinski definition) is 0. The summed E-state index contributed by atoms with van der Waals surface area (Å²) in [6, 6.07) is 3.34. The van der Waals surface area contributed by atoms with Crippen LogP contribution in [0.1, 0.15) is 26.3 Å². The molecule has 6 nitrogen and oxygen atoms in total. The molecule has 7 heteroatoms. The zero-order chi connectivity index (χ0) is 16.9. The molecule has 0 N–H and O–H groups in total. The molecule has 0 aliphatic carbocycles. The summed E-state index contributed by atoms with van der Waals surface area (Å²) in [7, 11) is 0.629. The fourth-order valence-electron chi connectivity index (χ4n) is 1.87. The lowest BCUT2D eigenvalue weighted by Crippen LogP contribution is -2.16. The van der Waals surface area contributed by atoms with Gasteiger partial charge in [-0.3, -0.25) is 10.1 Å². The number of nitrogens with zero attached hydrogens (tertiary/aromatic N) is 1. The smallest absolute Gasteiger partial charge is 0.315 e. The van der Waals surface area contributed by atoms with Gasteiger partial charge in [-0.1, -0.05) is 20.8 Å². The van der Waals surface area contributed by atoms with Gasteiger partial charge in [0.25, 0.3) is 0 Å². The van der Waals surface area contributed by atoms with E-state index in [1.165, 1.54) is 7.11 Å². The molecule has 22 heavy (non-hydrogen) atoms. The third-order valence-corrected chi connectivity index (χ3v) is 3.82. The number of methoxy groups -OCH3 is 1. The summed E-state index contributed by atoms with van der Waals surface area (Å²) >= 11 is 0. The van der Waals surface area contributed by atoms with Gasteiger partial charge < -0.3 is 13.9 Å². The van der Waals surface area contributed by atoms with Gasteiger partial charge in [0.2, 0.25) is 14.8 Å². The molecule has 0 unspecified atom stereocenters. The Hall–Kier alpha value is -1.60. The van der Waals surface area contributed by atoms with Crippen LogP contribution in [0.5, 0.6) is 11.5 Å². The van der Waals surface area contributed by atoms with E-state index < -0.39 is 14.0 Å². The minimum atomic E-state index is -0.776. The van der Waals surface area contributed by atoms with Crippen molar-refractivity contribution in [3.05, 3.63) is 27.8 Å². The first-order valence-electron chi connectivity index (χ1n) is 7.09. The maximum absolute atomic E-state index is 11.3. The molecule has 0 aromatic heterocycles. The molecule has 1 aromatic rings. The minimum Gasteiger partial charge on any atom is -0.488 e. The molecule has 0 saturated carbocycles. The number of hydrogen-bond acceptors (Lipinski definition) is 5. The second-order valence-corrected chi connectivity index (χ2v) is 8.24. The molecule has 0 bridgehead atoms. The highest BCUT2D eigenvalue weighted by atomic mass is 28.3. The summed E-state index contributed by atoms with van der Waals surface area (Å²) in [6.07, 6.45) is 0. The lowest BCUT2D eigenvalue weighted by molar-refractivity contribution is -0.385. The predicted molar refractivity (Wildman–Crippen MR) is 87.3 cm³/mol. The maximum Gasteiger partial charge on any atom is 0.315 e. The van der Waals surface area contributed by atoms with Crippen LogP contribution < -0.4 is 9.47 Å². The van der Waals surface area contributed by atoms with Gasteiger partial charge in [0.05, 0.1) is 18.6 Å². The average Bonchev–Trinajstić information content (AvgIpc) is 2.41. The van der Waals surface area contributed by atoms with Gasteiger partial charge in [0, 0.05) is 6.07 Å². The van der Waals surface area contributed by atoms with Crippen LogP contribution >= 0.6 is 0 Å². The van der Waals surface area contributed by atoms with Crippen LogP contribution in [0, 0.1) is 10.1 Å². The fourth-order valence-corrected chi connectivity index (χ4v) is 2.36. The van der Waals surface area contributed by atoms with Gasteiger partial charge in [0.1, 0.15) is 6.61 Å². The van der Waals surface area contributed by atoms with Gasteiger partial charge in [0.15, 0.2) is 5.75 Å². The van der Waals surface area contributed by atoms with Crippen molar-refractivity contribution >= 4 is 14.7 Å². The van der Waals surface area contributed by atoms with Crippen molar-refractivity contribution < 1.29 is 18.8 Å². The lowest BCUT2D eigenvalue weighted by atomic mass is 9.86. The summed E-state index contributed by atoms with van der Waals surface area (Å²) in [4.78, 5) is 10.8. The molecular weight excluding hydrogens is 302 g/mol. The third-order valence-electron chi connectivity index (χ3n) is 3.03. The second-order valence-electron chi connectivity index (χ2n) is 6.14. The molecule has 0 amide bonds. The molecule has 123 valence electrons. The minimum absolute atomic E-state index is 0.0819. The van der Waals surface area contributed by atoms with Gasteiger partial charge in [-0.2, -0.15) is 0 Å². The average molecular weight is 326 g/mol.